The van der Waals surface area contributed by atoms with Crippen LogP contribution in [0, 0.1) is 23.2 Å². The normalized spacial score (nSPS) is 32.4. The Balaban J connectivity index is 1.27. The van der Waals surface area contributed by atoms with Gasteiger partial charge in [0.15, 0.2) is 0 Å². The summed E-state index contributed by atoms with van der Waals surface area (Å²) in [4.78, 5) is 24.4. The van der Waals surface area contributed by atoms with Gasteiger partial charge in [0.2, 0.25) is 11.8 Å². The zero-order chi connectivity index (χ0) is 17.4. The van der Waals surface area contributed by atoms with Gasteiger partial charge in [-0.25, -0.2) is 0 Å². The lowest BCUT2D eigenvalue weighted by Crippen LogP contribution is -2.48. The molecule has 2 amide bonds. The lowest BCUT2D eigenvalue weighted by molar-refractivity contribution is -0.131. The van der Waals surface area contributed by atoms with E-state index < -0.39 is 0 Å². The zero-order valence-electron chi connectivity index (χ0n) is 14.4. The molecule has 0 atom stereocenters. The molecular weight excluding hydrogens is 336 g/mol. The van der Waals surface area contributed by atoms with Gasteiger partial charge in [0.25, 0.3) is 0 Å². The van der Waals surface area contributed by atoms with E-state index >= 15 is 0 Å². The fourth-order valence-corrected chi connectivity index (χ4v) is 6.05. The molecule has 4 bridgehead atoms. The van der Waals surface area contributed by atoms with Crippen LogP contribution in [0.5, 0.6) is 0 Å². The molecule has 25 heavy (non-hydrogen) atoms. The average molecular weight is 361 g/mol. The lowest BCUT2D eigenvalue weighted by Gasteiger charge is -2.56. The van der Waals surface area contributed by atoms with Crippen molar-refractivity contribution < 1.29 is 9.59 Å². The molecule has 4 nitrogen and oxygen atoms in total. The van der Waals surface area contributed by atoms with Crippen molar-refractivity contribution in [2.45, 2.75) is 44.9 Å². The van der Waals surface area contributed by atoms with E-state index in [2.05, 4.69) is 10.6 Å². The molecule has 4 aliphatic carbocycles. The fourth-order valence-electron chi connectivity index (χ4n) is 5.86. The summed E-state index contributed by atoms with van der Waals surface area (Å²) in [5, 5.41) is 6.14. The molecule has 0 spiro atoms. The van der Waals surface area contributed by atoms with Crippen molar-refractivity contribution in [3.63, 3.8) is 0 Å². The van der Waals surface area contributed by atoms with Crippen molar-refractivity contribution in [1.29, 1.82) is 0 Å². The summed E-state index contributed by atoms with van der Waals surface area (Å²) in [5.74, 6) is 2.31. The third-order valence-electron chi connectivity index (χ3n) is 6.26. The number of carbonyl (C=O) groups is 2. The molecule has 134 valence electrons. The van der Waals surface area contributed by atoms with Crippen LogP contribution in [0.15, 0.2) is 24.3 Å². The SMILES string of the molecule is O=C(CC12CC3CC(CC(C3)C1)C2)NCC(=O)Nc1cccc(Cl)c1. The van der Waals surface area contributed by atoms with Gasteiger partial charge < -0.3 is 10.6 Å². The number of halogens is 1. The van der Waals surface area contributed by atoms with E-state index in [9.17, 15) is 9.59 Å². The Morgan fingerprint density at radius 3 is 2.28 bits per heavy atom. The van der Waals surface area contributed by atoms with Crippen LogP contribution in [0.25, 0.3) is 0 Å². The predicted molar refractivity (Wildman–Crippen MR) is 98.3 cm³/mol. The topological polar surface area (TPSA) is 58.2 Å². The molecule has 4 aliphatic rings. The minimum absolute atomic E-state index is 0.0116. The monoisotopic (exact) mass is 360 g/mol. The van der Waals surface area contributed by atoms with Gasteiger partial charge in [-0.1, -0.05) is 17.7 Å². The first-order valence-corrected chi connectivity index (χ1v) is 9.70. The number of amides is 2. The van der Waals surface area contributed by atoms with Gasteiger partial charge in [-0.15, -0.1) is 0 Å². The van der Waals surface area contributed by atoms with E-state index in [1.165, 1.54) is 38.5 Å². The van der Waals surface area contributed by atoms with E-state index in [1.54, 1.807) is 24.3 Å². The van der Waals surface area contributed by atoms with Crippen molar-refractivity contribution in [2.75, 3.05) is 11.9 Å². The van der Waals surface area contributed by atoms with E-state index in [1.807, 2.05) is 0 Å². The molecule has 0 heterocycles. The minimum Gasteiger partial charge on any atom is -0.347 e. The highest BCUT2D eigenvalue weighted by Crippen LogP contribution is 2.61. The van der Waals surface area contributed by atoms with Crippen LogP contribution in [-0.2, 0) is 9.59 Å². The Morgan fingerprint density at radius 1 is 1.04 bits per heavy atom. The molecule has 5 heteroatoms. The maximum atomic E-state index is 12.4. The molecule has 0 unspecified atom stereocenters. The summed E-state index contributed by atoms with van der Waals surface area (Å²) in [6.07, 6.45) is 8.35. The average Bonchev–Trinajstić information content (AvgIpc) is 2.51. The number of nitrogens with one attached hydrogen (secondary N) is 2. The molecular formula is C20H25ClN2O2. The fraction of sp³-hybridized carbons (Fsp3) is 0.600. The van der Waals surface area contributed by atoms with Crippen LogP contribution >= 0.6 is 11.6 Å². The van der Waals surface area contributed by atoms with Crippen molar-refractivity contribution in [1.82, 2.24) is 5.32 Å². The molecule has 0 aromatic heterocycles. The second-order valence-corrected chi connectivity index (χ2v) is 8.87. The Labute approximate surface area is 153 Å². The van der Waals surface area contributed by atoms with Gasteiger partial charge in [-0.2, -0.15) is 0 Å². The third kappa shape index (κ3) is 3.84. The van der Waals surface area contributed by atoms with E-state index in [0.29, 0.717) is 17.1 Å². The summed E-state index contributed by atoms with van der Waals surface area (Å²) >= 11 is 5.91. The van der Waals surface area contributed by atoms with Crippen molar-refractivity contribution in [2.24, 2.45) is 23.2 Å². The summed E-state index contributed by atoms with van der Waals surface area (Å²) in [5.41, 5.74) is 0.857. The number of carbonyl (C=O) groups excluding carboxylic acids is 2. The van der Waals surface area contributed by atoms with Crippen LogP contribution in [0.3, 0.4) is 0 Å². The van der Waals surface area contributed by atoms with Crippen LogP contribution in [0.2, 0.25) is 5.02 Å². The highest BCUT2D eigenvalue weighted by Gasteiger charge is 2.51. The first kappa shape index (κ1) is 16.9. The van der Waals surface area contributed by atoms with Crippen LogP contribution in [-0.4, -0.2) is 18.4 Å². The van der Waals surface area contributed by atoms with Crippen molar-refractivity contribution in [3.8, 4) is 0 Å². The number of benzene rings is 1. The summed E-state index contributed by atoms with van der Waals surface area (Å²) in [6, 6.07) is 7.01. The van der Waals surface area contributed by atoms with Gasteiger partial charge in [0, 0.05) is 17.1 Å². The largest absolute Gasteiger partial charge is 0.347 e. The Morgan fingerprint density at radius 2 is 1.68 bits per heavy atom. The predicted octanol–water partition coefficient (Wildman–Crippen LogP) is 4.00. The first-order valence-electron chi connectivity index (χ1n) is 9.32. The molecule has 0 saturated heterocycles. The van der Waals surface area contributed by atoms with Gasteiger partial charge in [-0.05, 0) is 79.9 Å². The van der Waals surface area contributed by atoms with Gasteiger partial charge in [0.1, 0.15) is 0 Å². The van der Waals surface area contributed by atoms with E-state index in [-0.39, 0.29) is 23.8 Å². The summed E-state index contributed by atoms with van der Waals surface area (Å²) < 4.78 is 0. The van der Waals surface area contributed by atoms with E-state index in [0.717, 1.165) is 17.8 Å². The smallest absolute Gasteiger partial charge is 0.243 e. The van der Waals surface area contributed by atoms with Gasteiger partial charge in [-0.3, -0.25) is 9.59 Å². The summed E-state index contributed by atoms with van der Waals surface area (Å²) in [7, 11) is 0. The Hall–Kier alpha value is -1.55. The molecule has 4 saturated carbocycles. The zero-order valence-corrected chi connectivity index (χ0v) is 15.1. The van der Waals surface area contributed by atoms with E-state index in [4.69, 9.17) is 11.6 Å². The molecule has 1 aromatic rings. The number of hydrogen-bond acceptors (Lipinski definition) is 2. The van der Waals surface area contributed by atoms with Gasteiger partial charge >= 0.3 is 0 Å². The van der Waals surface area contributed by atoms with Crippen LogP contribution < -0.4 is 10.6 Å². The molecule has 1 aromatic carbocycles. The maximum Gasteiger partial charge on any atom is 0.243 e. The second kappa shape index (κ2) is 6.64. The number of rotatable bonds is 5. The minimum atomic E-state index is -0.221. The van der Waals surface area contributed by atoms with Crippen LogP contribution in [0.1, 0.15) is 44.9 Å². The highest BCUT2D eigenvalue weighted by atomic mass is 35.5. The van der Waals surface area contributed by atoms with Crippen LogP contribution in [0.4, 0.5) is 5.69 Å². The molecule has 2 N–H and O–H groups in total. The Bertz CT molecular complexity index is 653. The molecule has 4 fully saturated rings. The van der Waals surface area contributed by atoms with Crippen molar-refractivity contribution in [3.05, 3.63) is 29.3 Å². The highest BCUT2D eigenvalue weighted by molar-refractivity contribution is 6.30. The quantitative estimate of drug-likeness (QED) is 0.833. The summed E-state index contributed by atoms with van der Waals surface area (Å²) in [6.45, 7) is 0.0116. The second-order valence-electron chi connectivity index (χ2n) is 8.43. The molecule has 5 rings (SSSR count). The van der Waals surface area contributed by atoms with Gasteiger partial charge in [0.05, 0.1) is 6.54 Å². The molecule has 0 aliphatic heterocycles. The third-order valence-corrected chi connectivity index (χ3v) is 6.49. The standard InChI is InChI=1S/C20H25ClN2O2/c21-16-2-1-3-17(7-16)23-19(25)12-22-18(24)11-20-8-13-4-14(9-20)6-15(5-13)10-20/h1-3,7,13-15H,4-6,8-12H2,(H,22,24)(H,23,25). The first-order chi connectivity index (χ1) is 12.0. The number of anilines is 1. The van der Waals surface area contributed by atoms with Crippen molar-refractivity contribution >= 4 is 29.1 Å². The maximum absolute atomic E-state index is 12.4. The lowest BCUT2D eigenvalue weighted by atomic mass is 9.49. The molecule has 0 radical (unpaired) electrons. The Kier molecular flexibility index (Phi) is 4.48. The number of hydrogen-bond donors (Lipinski definition) is 2.